The van der Waals surface area contributed by atoms with Crippen molar-refractivity contribution < 1.29 is 18.3 Å². The van der Waals surface area contributed by atoms with Crippen LogP contribution in [0.5, 0.6) is 0 Å². The maximum Gasteiger partial charge on any atom is 0.307 e. The van der Waals surface area contributed by atoms with Gasteiger partial charge in [-0.25, -0.2) is 8.42 Å². The third-order valence-corrected chi connectivity index (χ3v) is 7.49. The van der Waals surface area contributed by atoms with Crippen LogP contribution in [-0.2, 0) is 21.2 Å². The van der Waals surface area contributed by atoms with Crippen LogP contribution in [0.25, 0.3) is 10.8 Å². The summed E-state index contributed by atoms with van der Waals surface area (Å²) in [6.45, 7) is 0.923. The van der Waals surface area contributed by atoms with E-state index in [0.29, 0.717) is 18.0 Å². The Labute approximate surface area is 170 Å². The van der Waals surface area contributed by atoms with Crippen molar-refractivity contribution in [2.75, 3.05) is 13.1 Å². The number of aliphatic carboxylic acids is 1. The molecule has 1 fully saturated rings. The highest BCUT2D eigenvalue weighted by molar-refractivity contribution is 7.89. The molecule has 0 radical (unpaired) electrons. The zero-order chi connectivity index (χ0) is 20.4. The molecular formula is C23H23NO4S. The van der Waals surface area contributed by atoms with Gasteiger partial charge in [0.1, 0.15) is 0 Å². The highest BCUT2D eigenvalue weighted by Gasteiger charge is 2.30. The smallest absolute Gasteiger partial charge is 0.307 e. The lowest BCUT2D eigenvalue weighted by Gasteiger charge is -2.31. The number of hydrogen-bond acceptors (Lipinski definition) is 3. The summed E-state index contributed by atoms with van der Waals surface area (Å²) < 4.78 is 27.8. The number of carboxylic acid groups (broad SMARTS) is 1. The van der Waals surface area contributed by atoms with Gasteiger partial charge in [-0.15, -0.1) is 0 Å². The summed E-state index contributed by atoms with van der Waals surface area (Å²) in [6.07, 6.45) is 1.45. The molecule has 6 heteroatoms. The summed E-state index contributed by atoms with van der Waals surface area (Å²) in [5.41, 5.74) is 1.87. The van der Waals surface area contributed by atoms with Crippen LogP contribution in [0.2, 0.25) is 0 Å². The zero-order valence-corrected chi connectivity index (χ0v) is 16.8. The van der Waals surface area contributed by atoms with E-state index < -0.39 is 16.0 Å². The van der Waals surface area contributed by atoms with E-state index in [-0.39, 0.29) is 12.3 Å². The number of hydrogen-bond donors (Lipinski definition) is 1. The molecule has 1 aliphatic heterocycles. The summed E-state index contributed by atoms with van der Waals surface area (Å²) in [5, 5.41) is 10.9. The van der Waals surface area contributed by atoms with Crippen LogP contribution in [0.15, 0.2) is 71.6 Å². The lowest BCUT2D eigenvalue weighted by Crippen LogP contribution is -2.37. The molecule has 3 aromatic rings. The van der Waals surface area contributed by atoms with Crippen molar-refractivity contribution in [3.05, 3.63) is 77.9 Å². The van der Waals surface area contributed by atoms with Crippen LogP contribution in [0, 0.1) is 0 Å². The first-order valence-electron chi connectivity index (χ1n) is 9.73. The Morgan fingerprint density at radius 2 is 1.66 bits per heavy atom. The average molecular weight is 410 g/mol. The predicted molar refractivity (Wildman–Crippen MR) is 112 cm³/mol. The van der Waals surface area contributed by atoms with Crippen molar-refractivity contribution in [2.24, 2.45) is 0 Å². The van der Waals surface area contributed by atoms with E-state index in [1.165, 1.54) is 0 Å². The van der Waals surface area contributed by atoms with Crippen molar-refractivity contribution in [1.29, 1.82) is 0 Å². The maximum absolute atomic E-state index is 13.1. The van der Waals surface area contributed by atoms with Crippen LogP contribution in [0.1, 0.15) is 29.9 Å². The van der Waals surface area contributed by atoms with E-state index in [1.54, 1.807) is 16.4 Å². The van der Waals surface area contributed by atoms with Crippen LogP contribution in [0.4, 0.5) is 0 Å². The number of fused-ring (bicyclic) bond motifs is 1. The molecule has 0 saturated carbocycles. The van der Waals surface area contributed by atoms with Gasteiger partial charge in [-0.1, -0.05) is 54.6 Å². The van der Waals surface area contributed by atoms with Crippen molar-refractivity contribution >= 4 is 26.8 Å². The number of piperidine rings is 1. The van der Waals surface area contributed by atoms with E-state index in [4.69, 9.17) is 5.11 Å². The number of nitrogens with zero attached hydrogens (tertiary/aromatic N) is 1. The molecular weight excluding hydrogens is 386 g/mol. The molecule has 0 atom stereocenters. The molecule has 1 N–H and O–H groups in total. The molecule has 3 aromatic carbocycles. The van der Waals surface area contributed by atoms with Gasteiger partial charge in [-0.3, -0.25) is 4.79 Å². The lowest BCUT2D eigenvalue weighted by molar-refractivity contribution is -0.136. The molecule has 0 aliphatic carbocycles. The van der Waals surface area contributed by atoms with Crippen LogP contribution < -0.4 is 0 Å². The summed E-state index contributed by atoms with van der Waals surface area (Å²) in [6, 6.07) is 20.6. The van der Waals surface area contributed by atoms with Gasteiger partial charge in [0.25, 0.3) is 0 Å². The molecule has 0 aromatic heterocycles. The van der Waals surface area contributed by atoms with Gasteiger partial charge in [0.15, 0.2) is 0 Å². The van der Waals surface area contributed by atoms with Gasteiger partial charge in [-0.2, -0.15) is 4.31 Å². The average Bonchev–Trinajstić information content (AvgIpc) is 2.73. The topological polar surface area (TPSA) is 74.7 Å². The predicted octanol–water partition coefficient (Wildman–Crippen LogP) is 4.04. The minimum Gasteiger partial charge on any atom is -0.481 e. The van der Waals surface area contributed by atoms with E-state index in [1.807, 2.05) is 54.6 Å². The molecule has 4 rings (SSSR count). The van der Waals surface area contributed by atoms with E-state index in [0.717, 1.165) is 34.7 Å². The fourth-order valence-corrected chi connectivity index (χ4v) is 5.54. The van der Waals surface area contributed by atoms with Crippen LogP contribution in [0.3, 0.4) is 0 Å². The molecule has 0 spiro atoms. The molecule has 1 saturated heterocycles. The maximum atomic E-state index is 13.1. The van der Waals surface area contributed by atoms with E-state index in [9.17, 15) is 13.2 Å². The third kappa shape index (κ3) is 4.18. The van der Waals surface area contributed by atoms with Crippen molar-refractivity contribution in [2.45, 2.75) is 30.1 Å². The van der Waals surface area contributed by atoms with Crippen molar-refractivity contribution in [3.63, 3.8) is 0 Å². The first kappa shape index (κ1) is 19.6. The molecule has 29 heavy (non-hydrogen) atoms. The summed E-state index contributed by atoms with van der Waals surface area (Å²) >= 11 is 0. The minimum atomic E-state index is -3.53. The Hall–Kier alpha value is -2.70. The monoisotopic (exact) mass is 409 g/mol. The molecule has 1 aliphatic rings. The highest BCUT2D eigenvalue weighted by Crippen LogP contribution is 2.32. The Kier molecular flexibility index (Phi) is 5.39. The van der Waals surface area contributed by atoms with Gasteiger partial charge < -0.3 is 5.11 Å². The standard InChI is InChI=1S/C23H23NO4S/c25-23(26)15-17-4-3-7-20(14-17)19-10-12-24(13-11-19)29(27,28)22-9-8-18-5-1-2-6-21(18)16-22/h1-9,14,16,19H,10-13,15H2,(H,25,26). The fourth-order valence-electron chi connectivity index (χ4n) is 4.04. The fraction of sp³-hybridized carbons (Fsp3) is 0.261. The van der Waals surface area contributed by atoms with Gasteiger partial charge >= 0.3 is 5.97 Å². The number of sulfonamides is 1. The van der Waals surface area contributed by atoms with Gasteiger partial charge in [0, 0.05) is 13.1 Å². The van der Waals surface area contributed by atoms with Crippen LogP contribution >= 0.6 is 0 Å². The normalized spacial score (nSPS) is 16.1. The van der Waals surface area contributed by atoms with Crippen molar-refractivity contribution in [1.82, 2.24) is 4.31 Å². The molecule has 0 unspecified atom stereocenters. The summed E-state index contributed by atoms with van der Waals surface area (Å²) in [7, 11) is -3.53. The minimum absolute atomic E-state index is 0.00300. The largest absolute Gasteiger partial charge is 0.481 e. The second kappa shape index (κ2) is 7.97. The Bertz CT molecular complexity index is 1150. The van der Waals surface area contributed by atoms with Gasteiger partial charge in [-0.05, 0) is 52.8 Å². The Balaban J connectivity index is 1.49. The molecule has 1 heterocycles. The number of carbonyl (C=O) groups is 1. The van der Waals surface area contributed by atoms with Gasteiger partial charge in [0.2, 0.25) is 10.0 Å². The SMILES string of the molecule is O=C(O)Cc1cccc(C2CCN(S(=O)(=O)c3ccc4ccccc4c3)CC2)c1. The molecule has 0 amide bonds. The highest BCUT2D eigenvalue weighted by atomic mass is 32.2. The number of carboxylic acids is 1. The first-order valence-corrected chi connectivity index (χ1v) is 11.2. The van der Waals surface area contributed by atoms with Crippen molar-refractivity contribution in [3.8, 4) is 0 Å². The van der Waals surface area contributed by atoms with E-state index in [2.05, 4.69) is 0 Å². The zero-order valence-electron chi connectivity index (χ0n) is 16.0. The number of benzene rings is 3. The second-order valence-electron chi connectivity index (χ2n) is 7.50. The van der Waals surface area contributed by atoms with Crippen LogP contribution in [-0.4, -0.2) is 36.9 Å². The quantitative estimate of drug-likeness (QED) is 0.690. The van der Waals surface area contributed by atoms with E-state index >= 15 is 0 Å². The number of rotatable bonds is 5. The Morgan fingerprint density at radius 1 is 0.931 bits per heavy atom. The molecule has 150 valence electrons. The Morgan fingerprint density at radius 3 is 2.38 bits per heavy atom. The third-order valence-electron chi connectivity index (χ3n) is 5.59. The second-order valence-corrected chi connectivity index (χ2v) is 9.44. The summed E-state index contributed by atoms with van der Waals surface area (Å²) in [5.74, 6) is -0.606. The molecule has 5 nitrogen and oxygen atoms in total. The first-order chi connectivity index (χ1) is 13.9. The van der Waals surface area contributed by atoms with Gasteiger partial charge in [0.05, 0.1) is 11.3 Å². The lowest BCUT2D eigenvalue weighted by atomic mass is 9.89. The molecule has 0 bridgehead atoms. The summed E-state index contributed by atoms with van der Waals surface area (Å²) in [4.78, 5) is 11.3.